The van der Waals surface area contributed by atoms with Gasteiger partial charge >= 0.3 is 0 Å². The Morgan fingerprint density at radius 3 is 1.39 bits per heavy atom. The van der Waals surface area contributed by atoms with Gasteiger partial charge in [0.2, 0.25) is 0 Å². The summed E-state index contributed by atoms with van der Waals surface area (Å²) in [7, 11) is 0. The molecule has 0 saturated heterocycles. The van der Waals surface area contributed by atoms with E-state index in [-0.39, 0.29) is 12.6 Å². The number of rotatable bonds is 4. The van der Waals surface area contributed by atoms with E-state index in [0.717, 1.165) is 0 Å². The van der Waals surface area contributed by atoms with Crippen LogP contribution in [0.25, 0.3) is 0 Å². The highest BCUT2D eigenvalue weighted by molar-refractivity contribution is 6.72. The summed E-state index contributed by atoms with van der Waals surface area (Å²) in [5.74, 6) is 0. The standard InChI is InChI=1S/2C12H20BN/c2*1-3-13(4-2)10-7-9-12-8-5-6-11-14(12)13/h2*5-6,8,11H,3-4,7,9-10H2,1-2H3. The van der Waals surface area contributed by atoms with Crippen molar-refractivity contribution in [1.29, 1.82) is 0 Å². The van der Waals surface area contributed by atoms with Gasteiger partial charge in [-0.2, -0.15) is 0 Å². The summed E-state index contributed by atoms with van der Waals surface area (Å²) in [5.41, 5.74) is 3.09. The Hall–Kier alpha value is -1.57. The van der Waals surface area contributed by atoms with Gasteiger partial charge in [0.15, 0.2) is 0 Å². The first-order chi connectivity index (χ1) is 13.6. The smallest absolute Gasteiger partial charge is 0.278 e. The summed E-state index contributed by atoms with van der Waals surface area (Å²) >= 11 is 0. The summed E-state index contributed by atoms with van der Waals surface area (Å²) in [6.07, 6.45) is 17.4. The molecule has 0 saturated carbocycles. The highest BCUT2D eigenvalue weighted by Crippen LogP contribution is 2.25. The van der Waals surface area contributed by atoms with Gasteiger partial charge < -0.3 is 8.96 Å². The van der Waals surface area contributed by atoms with Gasteiger partial charge in [-0.15, -0.1) is 37.9 Å². The molecule has 4 heteroatoms. The lowest BCUT2D eigenvalue weighted by Crippen LogP contribution is -2.67. The Morgan fingerprint density at radius 2 is 1.04 bits per heavy atom. The van der Waals surface area contributed by atoms with Gasteiger partial charge in [-0.25, -0.2) is 0 Å². The SMILES string of the molecule is CC[B-]1(CC)CCCc2cccc[n+]21.CC[B-]1(CC)CCCc2cccc[n+]21. The molecule has 28 heavy (non-hydrogen) atoms. The second kappa shape index (κ2) is 9.28. The Balaban J connectivity index is 0.000000161. The van der Waals surface area contributed by atoms with E-state index in [1.807, 2.05) is 0 Å². The predicted molar refractivity (Wildman–Crippen MR) is 124 cm³/mol. The van der Waals surface area contributed by atoms with Crippen molar-refractivity contribution < 1.29 is 8.96 Å². The number of nitrogens with zero attached hydrogens (tertiary/aromatic N) is 2. The number of hydrogen-bond donors (Lipinski definition) is 0. The monoisotopic (exact) mass is 378 g/mol. The number of fused-ring (bicyclic) bond motifs is 2. The lowest BCUT2D eigenvalue weighted by molar-refractivity contribution is -0.561. The number of aryl methyl sites for hydroxylation is 2. The van der Waals surface area contributed by atoms with Gasteiger partial charge in [0.05, 0.1) is 0 Å². The Morgan fingerprint density at radius 1 is 0.643 bits per heavy atom. The van der Waals surface area contributed by atoms with Crippen LogP contribution >= 0.6 is 0 Å². The first-order valence-corrected chi connectivity index (χ1v) is 12.0. The molecule has 2 nitrogen and oxygen atoms in total. The molecule has 0 radical (unpaired) electrons. The molecule has 4 heterocycles. The average molecular weight is 378 g/mol. The molecular formula is C24H40B2N2. The van der Waals surface area contributed by atoms with Gasteiger partial charge in [0, 0.05) is 25.0 Å². The minimum Gasteiger partial charge on any atom is -0.424 e. The molecule has 0 unspecified atom stereocenters. The van der Waals surface area contributed by atoms with Crippen LogP contribution in [0.2, 0.25) is 37.9 Å². The highest BCUT2D eigenvalue weighted by atomic mass is 14.9. The Bertz CT molecular complexity index is 701. The number of hydrogen-bond acceptors (Lipinski definition) is 0. The third-order valence-electron chi connectivity index (χ3n) is 8.52. The van der Waals surface area contributed by atoms with Crippen molar-refractivity contribution >= 4 is 12.6 Å². The van der Waals surface area contributed by atoms with Gasteiger partial charge in [-0.1, -0.05) is 52.7 Å². The topological polar surface area (TPSA) is 7.76 Å². The molecule has 0 amide bonds. The third kappa shape index (κ3) is 3.93. The van der Waals surface area contributed by atoms with E-state index >= 15 is 0 Å². The van der Waals surface area contributed by atoms with Crippen molar-refractivity contribution in [3.8, 4) is 0 Å². The maximum absolute atomic E-state index is 2.59. The number of aromatic nitrogens is 2. The molecule has 0 bridgehead atoms. The normalized spacial score (nSPS) is 19.0. The highest BCUT2D eigenvalue weighted by Gasteiger charge is 2.37. The molecule has 0 aromatic carbocycles. The van der Waals surface area contributed by atoms with Crippen LogP contribution < -0.4 is 8.96 Å². The molecule has 2 aliphatic rings. The zero-order valence-electron chi connectivity index (χ0n) is 18.7. The van der Waals surface area contributed by atoms with Crippen molar-refractivity contribution in [3.05, 3.63) is 60.2 Å². The van der Waals surface area contributed by atoms with Crippen molar-refractivity contribution in [2.24, 2.45) is 0 Å². The van der Waals surface area contributed by atoms with Crippen LogP contribution in [0.15, 0.2) is 48.8 Å². The van der Waals surface area contributed by atoms with Crippen LogP contribution in [0, 0.1) is 0 Å². The van der Waals surface area contributed by atoms with Crippen LogP contribution in [0.5, 0.6) is 0 Å². The van der Waals surface area contributed by atoms with Crippen molar-refractivity contribution in [3.63, 3.8) is 0 Å². The molecular weight excluding hydrogens is 338 g/mol. The molecule has 0 spiro atoms. The van der Waals surface area contributed by atoms with Crippen LogP contribution in [-0.2, 0) is 12.8 Å². The van der Waals surface area contributed by atoms with E-state index in [2.05, 4.69) is 85.4 Å². The van der Waals surface area contributed by atoms with Gasteiger partial charge in [0.25, 0.3) is 12.6 Å². The fourth-order valence-corrected chi connectivity index (χ4v) is 6.26. The van der Waals surface area contributed by atoms with E-state index in [4.69, 9.17) is 0 Å². The molecule has 2 aromatic rings. The lowest BCUT2D eigenvalue weighted by atomic mass is 9.28. The molecule has 0 aliphatic carbocycles. The minimum atomic E-state index is -0.284. The van der Waals surface area contributed by atoms with E-state index < -0.39 is 0 Å². The minimum absolute atomic E-state index is 0.284. The first-order valence-electron chi connectivity index (χ1n) is 12.0. The van der Waals surface area contributed by atoms with Crippen molar-refractivity contribution in [2.75, 3.05) is 0 Å². The fourth-order valence-electron chi connectivity index (χ4n) is 6.26. The summed E-state index contributed by atoms with van der Waals surface area (Å²) in [5, 5.41) is 0. The summed E-state index contributed by atoms with van der Waals surface area (Å²) in [6.45, 7) is 9.38. The first kappa shape index (κ1) is 21.1. The summed E-state index contributed by atoms with van der Waals surface area (Å²) in [6, 6.07) is 13.3. The van der Waals surface area contributed by atoms with Gasteiger partial charge in [-0.05, 0) is 12.1 Å². The van der Waals surface area contributed by atoms with E-state index in [1.165, 1.54) is 63.6 Å². The maximum Gasteiger partial charge on any atom is 0.278 e. The van der Waals surface area contributed by atoms with Gasteiger partial charge in [-0.3, -0.25) is 0 Å². The van der Waals surface area contributed by atoms with Crippen LogP contribution in [-0.4, -0.2) is 12.6 Å². The average Bonchev–Trinajstić information content (AvgIpc) is 2.78. The largest absolute Gasteiger partial charge is 0.424 e. The second-order valence-corrected chi connectivity index (χ2v) is 9.44. The van der Waals surface area contributed by atoms with Gasteiger partial charge in [0.1, 0.15) is 23.8 Å². The summed E-state index contributed by atoms with van der Waals surface area (Å²) in [4.78, 5) is 0. The molecule has 2 aliphatic heterocycles. The Kier molecular flexibility index (Phi) is 7.01. The van der Waals surface area contributed by atoms with E-state index in [0.29, 0.717) is 0 Å². The quantitative estimate of drug-likeness (QED) is 0.620. The predicted octanol–water partition coefficient (Wildman–Crippen LogP) is 5.51. The van der Waals surface area contributed by atoms with Crippen molar-refractivity contribution in [1.82, 2.24) is 0 Å². The molecule has 152 valence electrons. The number of pyridine rings is 2. The molecule has 2 aromatic heterocycles. The lowest BCUT2D eigenvalue weighted by Gasteiger charge is -2.36. The third-order valence-corrected chi connectivity index (χ3v) is 8.52. The fraction of sp³-hybridized carbons (Fsp3) is 0.583. The zero-order valence-corrected chi connectivity index (χ0v) is 18.7. The van der Waals surface area contributed by atoms with E-state index in [9.17, 15) is 0 Å². The molecule has 0 atom stereocenters. The van der Waals surface area contributed by atoms with E-state index in [1.54, 1.807) is 11.4 Å². The molecule has 0 fully saturated rings. The van der Waals surface area contributed by atoms with Crippen LogP contribution in [0.4, 0.5) is 0 Å². The second-order valence-electron chi connectivity index (χ2n) is 9.44. The van der Waals surface area contributed by atoms with Crippen molar-refractivity contribution in [2.45, 2.75) is 91.3 Å². The zero-order chi connectivity index (χ0) is 20.0. The molecule has 0 N–H and O–H groups in total. The summed E-state index contributed by atoms with van der Waals surface area (Å²) < 4.78 is 5.17. The van der Waals surface area contributed by atoms with Crippen LogP contribution in [0.1, 0.15) is 51.9 Å². The Labute approximate surface area is 173 Å². The maximum atomic E-state index is 2.59. The van der Waals surface area contributed by atoms with Crippen LogP contribution in [0.3, 0.4) is 0 Å². The molecule has 4 rings (SSSR count).